The molecule has 5 rings (SSSR count). The molecule has 0 bridgehead atoms. The summed E-state index contributed by atoms with van der Waals surface area (Å²) >= 11 is 0. The molecule has 39 heavy (non-hydrogen) atoms. The van der Waals surface area contributed by atoms with E-state index in [1.165, 1.54) is 23.0 Å². The van der Waals surface area contributed by atoms with Gasteiger partial charge in [0.15, 0.2) is 0 Å². The Morgan fingerprint density at radius 2 is 2.03 bits per heavy atom. The molecule has 4 heterocycles. The van der Waals surface area contributed by atoms with E-state index in [0.29, 0.717) is 25.2 Å². The lowest BCUT2D eigenvalue weighted by Crippen LogP contribution is -2.42. The molecule has 1 aliphatic carbocycles. The summed E-state index contributed by atoms with van der Waals surface area (Å²) in [5.74, 6) is 4.78. The summed E-state index contributed by atoms with van der Waals surface area (Å²) in [4.78, 5) is 29.8. The predicted molar refractivity (Wildman–Crippen MR) is 135 cm³/mol. The van der Waals surface area contributed by atoms with Gasteiger partial charge in [-0.15, -0.1) is 0 Å². The predicted octanol–water partition coefficient (Wildman–Crippen LogP) is 2.54. The Kier molecular flexibility index (Phi) is 6.57. The first-order valence-corrected chi connectivity index (χ1v) is 12.4. The topological polar surface area (TPSA) is 138 Å². The van der Waals surface area contributed by atoms with Crippen LogP contribution in [0.3, 0.4) is 0 Å². The normalized spacial score (nSPS) is 20.5. The fourth-order valence-electron chi connectivity index (χ4n) is 5.69. The van der Waals surface area contributed by atoms with Crippen molar-refractivity contribution in [1.29, 1.82) is 0 Å². The van der Waals surface area contributed by atoms with Crippen LogP contribution in [0.2, 0.25) is 0 Å². The van der Waals surface area contributed by atoms with E-state index in [1.807, 2.05) is 0 Å². The van der Waals surface area contributed by atoms with Crippen molar-refractivity contribution in [2.45, 2.75) is 45.5 Å². The number of alkyl halides is 3. The van der Waals surface area contributed by atoms with Crippen molar-refractivity contribution in [1.82, 2.24) is 29.4 Å². The Bertz CT molecular complexity index is 1490. The van der Waals surface area contributed by atoms with Crippen LogP contribution in [0.1, 0.15) is 47.9 Å². The van der Waals surface area contributed by atoms with E-state index in [2.05, 4.69) is 27.0 Å². The maximum atomic E-state index is 13.0. The molecule has 3 aromatic rings. The molecule has 13 heteroatoms. The third-order valence-corrected chi connectivity index (χ3v) is 7.40. The van der Waals surface area contributed by atoms with Crippen molar-refractivity contribution in [3.8, 4) is 23.1 Å². The SMILES string of the molecule is CC#CC(=O)N1CCC2(CC(Cn3nc(-c4cnn(Cc5cccc(C(F)(F)F)n5)c4)c(C(N)=O)c3N)C2)C1. The highest BCUT2D eigenvalue weighted by Gasteiger charge is 2.49. The molecule has 0 atom stereocenters. The van der Waals surface area contributed by atoms with Gasteiger partial charge in [0.25, 0.3) is 11.8 Å². The van der Waals surface area contributed by atoms with Gasteiger partial charge in [-0.05, 0) is 55.6 Å². The number of nitrogen functional groups attached to an aromatic ring is 1. The number of aromatic nitrogens is 5. The Balaban J connectivity index is 1.30. The molecule has 1 aliphatic heterocycles. The molecule has 2 aliphatic rings. The van der Waals surface area contributed by atoms with Gasteiger partial charge in [-0.1, -0.05) is 12.0 Å². The van der Waals surface area contributed by atoms with E-state index < -0.39 is 17.8 Å². The lowest BCUT2D eigenvalue weighted by molar-refractivity contribution is -0.141. The standard InChI is InChI=1S/C26H27F3N8O2/c1-2-4-20(38)35-8-7-25(15-35)9-16(10-25)12-37-23(30)21(24(31)39)22(34-37)17-11-32-36(13-17)14-18-5-3-6-19(33-18)26(27,28)29/h3,5-6,11,13,16H,7-10,12,14-15,30H2,1H3,(H2,31,39). The zero-order chi connectivity index (χ0) is 27.9. The highest BCUT2D eigenvalue weighted by atomic mass is 19.4. The molecule has 4 N–H and O–H groups in total. The van der Waals surface area contributed by atoms with Crippen LogP contribution in [0.15, 0.2) is 30.6 Å². The summed E-state index contributed by atoms with van der Waals surface area (Å²) in [5, 5.41) is 8.76. The van der Waals surface area contributed by atoms with Crippen LogP contribution in [-0.2, 0) is 24.1 Å². The smallest absolute Gasteiger partial charge is 0.383 e. The van der Waals surface area contributed by atoms with Crippen LogP contribution < -0.4 is 11.5 Å². The molecule has 1 saturated heterocycles. The summed E-state index contributed by atoms with van der Waals surface area (Å²) in [6.45, 7) is 3.49. The minimum atomic E-state index is -4.55. The number of carbonyl (C=O) groups excluding carboxylic acids is 2. The van der Waals surface area contributed by atoms with E-state index in [0.717, 1.165) is 25.3 Å². The number of hydrogen-bond donors (Lipinski definition) is 2. The largest absolute Gasteiger partial charge is 0.433 e. The monoisotopic (exact) mass is 540 g/mol. The minimum Gasteiger partial charge on any atom is -0.383 e. The van der Waals surface area contributed by atoms with Crippen LogP contribution in [0.25, 0.3) is 11.3 Å². The van der Waals surface area contributed by atoms with E-state index in [9.17, 15) is 22.8 Å². The van der Waals surface area contributed by atoms with E-state index in [-0.39, 0.29) is 46.6 Å². The molecule has 1 saturated carbocycles. The first-order valence-electron chi connectivity index (χ1n) is 12.4. The number of nitrogens with two attached hydrogens (primary N) is 2. The molecule has 3 aromatic heterocycles. The Morgan fingerprint density at radius 3 is 2.72 bits per heavy atom. The average molecular weight is 541 g/mol. The molecular formula is C26H27F3N8O2. The maximum absolute atomic E-state index is 13.0. The summed E-state index contributed by atoms with van der Waals surface area (Å²) in [7, 11) is 0. The lowest BCUT2D eigenvalue weighted by atomic mass is 9.61. The Morgan fingerprint density at radius 1 is 1.26 bits per heavy atom. The number of amides is 2. The molecule has 0 radical (unpaired) electrons. The van der Waals surface area contributed by atoms with Crippen molar-refractivity contribution >= 4 is 17.6 Å². The highest BCUT2D eigenvalue weighted by Crippen LogP contribution is 2.52. The molecule has 10 nitrogen and oxygen atoms in total. The summed E-state index contributed by atoms with van der Waals surface area (Å²) in [6.07, 6.45) is 1.19. The summed E-state index contributed by atoms with van der Waals surface area (Å²) in [5.41, 5.74) is 12.0. The van der Waals surface area contributed by atoms with Crippen LogP contribution in [0, 0.1) is 23.2 Å². The zero-order valence-electron chi connectivity index (χ0n) is 21.2. The quantitative estimate of drug-likeness (QED) is 0.461. The third-order valence-electron chi connectivity index (χ3n) is 7.40. The van der Waals surface area contributed by atoms with Gasteiger partial charge in [0.05, 0.1) is 18.4 Å². The van der Waals surface area contributed by atoms with Crippen LogP contribution in [0.5, 0.6) is 0 Å². The molecule has 0 aromatic carbocycles. The molecule has 2 amide bonds. The van der Waals surface area contributed by atoms with Gasteiger partial charge in [0.1, 0.15) is 22.8 Å². The molecular weight excluding hydrogens is 513 g/mol. The number of halogens is 3. The third kappa shape index (κ3) is 5.19. The van der Waals surface area contributed by atoms with E-state index in [4.69, 9.17) is 11.5 Å². The highest BCUT2D eigenvalue weighted by molar-refractivity contribution is 6.03. The minimum absolute atomic E-state index is 0.0144. The van der Waals surface area contributed by atoms with Crippen molar-refractivity contribution < 1.29 is 22.8 Å². The van der Waals surface area contributed by atoms with E-state index >= 15 is 0 Å². The number of pyridine rings is 1. The fraction of sp³-hybridized carbons (Fsp3) is 0.423. The van der Waals surface area contributed by atoms with Crippen molar-refractivity contribution in [3.63, 3.8) is 0 Å². The second kappa shape index (κ2) is 9.76. The Labute approximate surface area is 222 Å². The molecule has 2 fully saturated rings. The summed E-state index contributed by atoms with van der Waals surface area (Å²) < 4.78 is 42.0. The van der Waals surface area contributed by atoms with Crippen molar-refractivity contribution in [2.75, 3.05) is 18.8 Å². The van der Waals surface area contributed by atoms with Crippen molar-refractivity contribution in [2.24, 2.45) is 17.1 Å². The number of rotatable bonds is 6. The number of likely N-dealkylation sites (tertiary alicyclic amines) is 1. The molecule has 1 spiro atoms. The first kappa shape index (κ1) is 26.3. The zero-order valence-corrected chi connectivity index (χ0v) is 21.2. The van der Waals surface area contributed by atoms with Gasteiger partial charge < -0.3 is 16.4 Å². The second-order valence-electron chi connectivity index (χ2n) is 10.2. The number of carbonyl (C=O) groups is 2. The van der Waals surface area contributed by atoms with Gasteiger partial charge in [0, 0.05) is 31.4 Å². The number of anilines is 1. The fourth-order valence-corrected chi connectivity index (χ4v) is 5.69. The summed E-state index contributed by atoms with van der Waals surface area (Å²) in [6, 6.07) is 3.66. The van der Waals surface area contributed by atoms with Gasteiger partial charge in [0.2, 0.25) is 0 Å². The number of nitrogens with zero attached hydrogens (tertiary/aromatic N) is 6. The van der Waals surface area contributed by atoms with Crippen LogP contribution in [0.4, 0.5) is 19.0 Å². The maximum Gasteiger partial charge on any atom is 0.433 e. The van der Waals surface area contributed by atoms with Gasteiger partial charge in [-0.3, -0.25) is 14.3 Å². The number of primary amides is 1. The average Bonchev–Trinajstić information content (AvgIpc) is 3.57. The second-order valence-corrected chi connectivity index (χ2v) is 10.2. The van der Waals surface area contributed by atoms with Gasteiger partial charge in [-0.25, -0.2) is 9.67 Å². The van der Waals surface area contributed by atoms with Gasteiger partial charge >= 0.3 is 6.18 Å². The van der Waals surface area contributed by atoms with Crippen LogP contribution in [-0.4, -0.2) is 54.3 Å². The van der Waals surface area contributed by atoms with E-state index in [1.54, 1.807) is 22.7 Å². The van der Waals surface area contributed by atoms with Crippen LogP contribution >= 0.6 is 0 Å². The number of hydrogen-bond acceptors (Lipinski definition) is 6. The lowest BCUT2D eigenvalue weighted by Gasteiger charge is -2.45. The van der Waals surface area contributed by atoms with Crippen molar-refractivity contribution in [3.05, 3.63) is 47.5 Å². The van der Waals surface area contributed by atoms with Gasteiger partial charge in [-0.2, -0.15) is 23.4 Å². The molecule has 0 unspecified atom stereocenters. The first-order chi connectivity index (χ1) is 18.5. The Hall–Kier alpha value is -4.34. The molecule has 204 valence electrons.